The Morgan fingerprint density at radius 3 is 0.951 bits per heavy atom. The van der Waals surface area contributed by atoms with Crippen molar-refractivity contribution >= 4 is 36.0 Å². The predicted octanol–water partition coefficient (Wildman–Crippen LogP) is 5.23. The Labute approximate surface area is 244 Å². The smallest absolute Gasteiger partial charge is 0.258 e. The lowest BCUT2D eigenvalue weighted by Gasteiger charge is -2.22. The van der Waals surface area contributed by atoms with Crippen LogP contribution in [0.25, 0.3) is 0 Å². The highest BCUT2D eigenvalue weighted by Gasteiger charge is 2.24. The third-order valence-electron chi connectivity index (χ3n) is 6.51. The van der Waals surface area contributed by atoms with E-state index in [0.717, 1.165) is 6.42 Å². The van der Waals surface area contributed by atoms with E-state index >= 15 is 0 Å². The van der Waals surface area contributed by atoms with E-state index in [1.807, 2.05) is 31.2 Å². The van der Waals surface area contributed by atoms with Crippen LogP contribution in [-0.2, 0) is 9.13 Å². The summed E-state index contributed by atoms with van der Waals surface area (Å²) >= 11 is 0. The zero-order valence-corrected chi connectivity index (χ0v) is 25.9. The molecule has 0 aliphatic heterocycles. The number of aliphatic hydroxyl groups is 2. The minimum atomic E-state index is -3.40. The molecule has 4 aromatic rings. The molecule has 41 heavy (non-hydrogen) atoms. The van der Waals surface area contributed by atoms with Crippen molar-refractivity contribution in [2.24, 2.45) is 11.8 Å². The standard InChI is InChI=1S/2C12H11O2P.C9H20O2/c2*13-15(14,11-7-3-1-4-8-11)12-9-5-2-6-10-12;1-6(2)5-9(11)7(3)8(4)10/h2*1-10H,(H,13,14);6-11H,5H2,1-4H3. The van der Waals surface area contributed by atoms with E-state index in [4.69, 9.17) is 5.11 Å². The molecule has 220 valence electrons. The second-order valence-corrected chi connectivity index (χ2v) is 14.7. The van der Waals surface area contributed by atoms with E-state index in [0.29, 0.717) is 27.1 Å². The van der Waals surface area contributed by atoms with Gasteiger partial charge in [0.1, 0.15) is 0 Å². The summed E-state index contributed by atoms with van der Waals surface area (Å²) in [6.45, 7) is 7.72. The van der Waals surface area contributed by atoms with Crippen LogP contribution in [0.3, 0.4) is 0 Å². The highest BCUT2D eigenvalue weighted by molar-refractivity contribution is 7.73. The maximum absolute atomic E-state index is 12.2. The lowest BCUT2D eigenvalue weighted by Crippen LogP contribution is -2.28. The summed E-state index contributed by atoms with van der Waals surface area (Å²) < 4.78 is 24.3. The number of hydrogen-bond acceptors (Lipinski definition) is 4. The Balaban J connectivity index is 0.000000219. The minimum Gasteiger partial charge on any atom is -0.393 e. The first-order valence-corrected chi connectivity index (χ1v) is 16.9. The van der Waals surface area contributed by atoms with Crippen molar-refractivity contribution < 1.29 is 29.1 Å². The molecule has 3 atom stereocenters. The van der Waals surface area contributed by atoms with Gasteiger partial charge in [0, 0.05) is 27.1 Å². The van der Waals surface area contributed by atoms with Gasteiger partial charge >= 0.3 is 0 Å². The van der Waals surface area contributed by atoms with Crippen LogP contribution >= 0.6 is 14.7 Å². The van der Waals surface area contributed by atoms with Gasteiger partial charge < -0.3 is 20.0 Å². The van der Waals surface area contributed by atoms with Crippen LogP contribution < -0.4 is 21.2 Å². The molecule has 0 radical (unpaired) electrons. The quantitative estimate of drug-likeness (QED) is 0.207. The molecule has 0 heterocycles. The molecule has 0 aliphatic rings. The highest BCUT2D eigenvalue weighted by atomic mass is 31.2. The molecule has 0 bridgehead atoms. The van der Waals surface area contributed by atoms with Gasteiger partial charge in [-0.1, -0.05) is 93.6 Å². The Morgan fingerprint density at radius 1 is 0.512 bits per heavy atom. The number of aliphatic hydroxyl groups excluding tert-OH is 2. The highest BCUT2D eigenvalue weighted by Crippen LogP contribution is 2.38. The summed E-state index contributed by atoms with van der Waals surface area (Å²) in [6, 6.07) is 34.8. The van der Waals surface area contributed by atoms with E-state index in [9.17, 15) is 24.0 Å². The molecule has 0 fully saturated rings. The average molecular weight is 597 g/mol. The first-order valence-electron chi connectivity index (χ1n) is 13.6. The first kappa shape index (κ1) is 34.4. The summed E-state index contributed by atoms with van der Waals surface area (Å²) in [5, 5.41) is 20.5. The van der Waals surface area contributed by atoms with Crippen LogP contribution in [-0.4, -0.2) is 32.2 Å². The molecule has 0 saturated heterocycles. The molecule has 8 heteroatoms. The van der Waals surface area contributed by atoms with Gasteiger partial charge in [-0.05, 0) is 67.8 Å². The predicted molar refractivity (Wildman–Crippen MR) is 170 cm³/mol. The molecule has 0 spiro atoms. The average Bonchev–Trinajstić information content (AvgIpc) is 2.99. The third kappa shape index (κ3) is 10.8. The molecule has 3 unspecified atom stereocenters. The van der Waals surface area contributed by atoms with E-state index in [-0.39, 0.29) is 12.0 Å². The maximum Gasteiger partial charge on any atom is 0.258 e. The number of hydrogen-bond donors (Lipinski definition) is 4. The summed E-state index contributed by atoms with van der Waals surface area (Å²) in [5.74, 6) is 0.476. The normalized spacial score (nSPS) is 13.6. The van der Waals surface area contributed by atoms with Gasteiger partial charge in [0.05, 0.1) is 12.2 Å². The van der Waals surface area contributed by atoms with Crippen molar-refractivity contribution in [2.75, 3.05) is 0 Å². The third-order valence-corrected chi connectivity index (χ3v) is 10.5. The summed E-state index contributed by atoms with van der Waals surface area (Å²) in [7, 11) is -6.79. The van der Waals surface area contributed by atoms with Gasteiger partial charge in [-0.2, -0.15) is 0 Å². The molecular formula is C33H42O6P2. The van der Waals surface area contributed by atoms with Crippen LogP contribution in [0.5, 0.6) is 0 Å². The summed E-state index contributed by atoms with van der Waals surface area (Å²) in [4.78, 5) is 20.0. The lowest BCUT2D eigenvalue weighted by molar-refractivity contribution is 0.0206. The van der Waals surface area contributed by atoms with E-state index in [1.54, 1.807) is 104 Å². The molecule has 0 aliphatic carbocycles. The molecule has 6 nitrogen and oxygen atoms in total. The van der Waals surface area contributed by atoms with Crippen LogP contribution in [0.2, 0.25) is 0 Å². The first-order chi connectivity index (χ1) is 19.4. The fourth-order valence-electron chi connectivity index (χ4n) is 3.84. The Morgan fingerprint density at radius 2 is 0.756 bits per heavy atom. The summed E-state index contributed by atoms with van der Waals surface area (Å²) in [6.07, 6.45) is -0.00903. The fraction of sp³-hybridized carbons (Fsp3) is 0.273. The molecule has 0 saturated carbocycles. The monoisotopic (exact) mass is 596 g/mol. The van der Waals surface area contributed by atoms with Crippen molar-refractivity contribution in [3.63, 3.8) is 0 Å². The lowest BCUT2D eigenvalue weighted by atomic mass is 9.92. The van der Waals surface area contributed by atoms with Gasteiger partial charge in [0.15, 0.2) is 0 Å². The second kappa shape index (κ2) is 16.6. The Hall–Kier alpha value is -2.82. The van der Waals surface area contributed by atoms with Crippen molar-refractivity contribution in [3.8, 4) is 0 Å². The molecule has 4 rings (SSSR count). The van der Waals surface area contributed by atoms with Gasteiger partial charge in [0.25, 0.3) is 14.7 Å². The maximum atomic E-state index is 12.2. The van der Waals surface area contributed by atoms with Crippen LogP contribution in [0.1, 0.15) is 34.1 Å². The van der Waals surface area contributed by atoms with E-state index in [2.05, 4.69) is 13.8 Å². The minimum absolute atomic E-state index is 0.0163. The van der Waals surface area contributed by atoms with E-state index in [1.165, 1.54) is 0 Å². The largest absolute Gasteiger partial charge is 0.393 e. The van der Waals surface area contributed by atoms with Gasteiger partial charge in [0.2, 0.25) is 0 Å². The van der Waals surface area contributed by atoms with Gasteiger partial charge in [-0.3, -0.25) is 9.13 Å². The molecule has 4 aromatic carbocycles. The van der Waals surface area contributed by atoms with E-state index < -0.39 is 20.8 Å². The fourth-order valence-corrected chi connectivity index (χ4v) is 6.74. The van der Waals surface area contributed by atoms with Gasteiger partial charge in [-0.25, -0.2) is 0 Å². The molecule has 0 amide bonds. The number of rotatable bonds is 8. The zero-order valence-electron chi connectivity index (χ0n) is 24.1. The molecule has 4 N–H and O–H groups in total. The van der Waals surface area contributed by atoms with Crippen molar-refractivity contribution in [1.82, 2.24) is 0 Å². The number of benzene rings is 4. The van der Waals surface area contributed by atoms with Crippen LogP contribution in [0.15, 0.2) is 121 Å². The van der Waals surface area contributed by atoms with Crippen molar-refractivity contribution in [1.29, 1.82) is 0 Å². The van der Waals surface area contributed by atoms with Crippen LogP contribution in [0, 0.1) is 11.8 Å². The molecular weight excluding hydrogens is 554 g/mol. The summed E-state index contributed by atoms with van der Waals surface area (Å²) in [5.41, 5.74) is 0. The Kier molecular flexibility index (Phi) is 13.9. The SMILES string of the molecule is CC(C)CC(O)C(C)C(C)O.O=P(O)(c1ccccc1)c1ccccc1.O=P(O)(c1ccccc1)c1ccccc1. The second-order valence-electron chi connectivity index (χ2n) is 10.3. The van der Waals surface area contributed by atoms with Crippen molar-refractivity contribution in [3.05, 3.63) is 121 Å². The topological polar surface area (TPSA) is 115 Å². The zero-order chi connectivity index (χ0) is 30.5. The molecule has 0 aromatic heterocycles. The van der Waals surface area contributed by atoms with Crippen molar-refractivity contribution in [2.45, 2.75) is 46.3 Å². The van der Waals surface area contributed by atoms with Gasteiger partial charge in [-0.15, -0.1) is 0 Å². The van der Waals surface area contributed by atoms with Crippen LogP contribution in [0.4, 0.5) is 0 Å². The Bertz CT molecular complexity index is 1180.